The molecule has 0 aromatic heterocycles. The summed E-state index contributed by atoms with van der Waals surface area (Å²) in [5.41, 5.74) is 5.87. The van der Waals surface area contributed by atoms with Gasteiger partial charge in [-0.1, -0.05) is 0 Å². The fraction of sp³-hybridized carbons (Fsp3) is 0.917. The van der Waals surface area contributed by atoms with Gasteiger partial charge in [-0.3, -0.25) is 4.79 Å². The number of hydrogen-bond donors (Lipinski definition) is 1. The van der Waals surface area contributed by atoms with Crippen LogP contribution in [-0.2, 0) is 4.79 Å². The van der Waals surface area contributed by atoms with E-state index >= 15 is 0 Å². The van der Waals surface area contributed by atoms with Crippen LogP contribution in [0, 0.1) is 5.92 Å². The number of carbonyl (C=O) groups excluding carboxylic acids is 1. The summed E-state index contributed by atoms with van der Waals surface area (Å²) in [5, 5.41) is 0. The van der Waals surface area contributed by atoms with Gasteiger partial charge < -0.3 is 10.6 Å². The number of nitrogens with two attached hydrogens (primary N) is 1. The van der Waals surface area contributed by atoms with Crippen molar-refractivity contribution >= 4 is 17.7 Å². The monoisotopic (exact) mass is 242 g/mol. The lowest BCUT2D eigenvalue weighted by Gasteiger charge is -2.30. The Morgan fingerprint density at radius 1 is 1.12 bits per heavy atom. The molecule has 0 bridgehead atoms. The minimum Gasteiger partial charge on any atom is -0.342 e. The second-order valence-electron chi connectivity index (χ2n) is 4.90. The minimum absolute atomic E-state index is 0.267. The third-order valence-electron chi connectivity index (χ3n) is 3.66. The van der Waals surface area contributed by atoms with Crippen molar-refractivity contribution in [2.45, 2.75) is 38.1 Å². The summed E-state index contributed by atoms with van der Waals surface area (Å²) in [5.74, 6) is 2.98. The van der Waals surface area contributed by atoms with Gasteiger partial charge in [-0.15, -0.1) is 0 Å². The summed E-state index contributed by atoms with van der Waals surface area (Å²) in [4.78, 5) is 14.4. The standard InChI is InChI=1S/C12H22N2OS/c13-11-4-2-10(3-5-11)12(15)14-6-1-8-16-9-7-14/h10-11H,1-9,13H2. The van der Waals surface area contributed by atoms with Gasteiger partial charge in [0.2, 0.25) is 5.91 Å². The van der Waals surface area contributed by atoms with Gasteiger partial charge in [0.25, 0.3) is 0 Å². The van der Waals surface area contributed by atoms with E-state index in [1.807, 2.05) is 11.8 Å². The Morgan fingerprint density at radius 3 is 2.62 bits per heavy atom. The highest BCUT2D eigenvalue weighted by molar-refractivity contribution is 7.99. The average molecular weight is 242 g/mol. The van der Waals surface area contributed by atoms with Crippen molar-refractivity contribution in [2.24, 2.45) is 11.7 Å². The van der Waals surface area contributed by atoms with Crippen molar-refractivity contribution in [2.75, 3.05) is 24.6 Å². The van der Waals surface area contributed by atoms with E-state index in [1.165, 1.54) is 5.75 Å². The van der Waals surface area contributed by atoms with Crippen LogP contribution in [0.4, 0.5) is 0 Å². The molecule has 0 radical (unpaired) electrons. The topological polar surface area (TPSA) is 46.3 Å². The lowest BCUT2D eigenvalue weighted by molar-refractivity contribution is -0.136. The predicted molar refractivity (Wildman–Crippen MR) is 68.5 cm³/mol. The molecule has 1 saturated carbocycles. The molecular formula is C12H22N2OS. The van der Waals surface area contributed by atoms with Crippen molar-refractivity contribution in [1.29, 1.82) is 0 Å². The van der Waals surface area contributed by atoms with Crippen LogP contribution in [-0.4, -0.2) is 41.4 Å². The van der Waals surface area contributed by atoms with Crippen molar-refractivity contribution in [3.8, 4) is 0 Å². The Bertz CT molecular complexity index is 231. The maximum atomic E-state index is 12.3. The van der Waals surface area contributed by atoms with Gasteiger partial charge in [0.05, 0.1) is 0 Å². The molecule has 2 fully saturated rings. The number of amides is 1. The summed E-state index contributed by atoms with van der Waals surface area (Å²) in [6.45, 7) is 1.92. The number of thioether (sulfide) groups is 1. The highest BCUT2D eigenvalue weighted by Gasteiger charge is 2.28. The van der Waals surface area contributed by atoms with Crippen LogP contribution in [0.25, 0.3) is 0 Å². The summed E-state index contributed by atoms with van der Waals surface area (Å²) < 4.78 is 0. The number of hydrogen-bond acceptors (Lipinski definition) is 3. The van der Waals surface area contributed by atoms with Gasteiger partial charge in [0.1, 0.15) is 0 Å². The third kappa shape index (κ3) is 3.14. The summed E-state index contributed by atoms with van der Waals surface area (Å²) in [6, 6.07) is 0.337. The van der Waals surface area contributed by atoms with Crippen LogP contribution in [0.2, 0.25) is 0 Å². The second-order valence-corrected chi connectivity index (χ2v) is 6.13. The van der Waals surface area contributed by atoms with E-state index < -0.39 is 0 Å². The van der Waals surface area contributed by atoms with E-state index in [-0.39, 0.29) is 5.92 Å². The SMILES string of the molecule is NC1CCC(C(=O)N2CCCSCC2)CC1. The summed E-state index contributed by atoms with van der Waals surface area (Å²) in [6.07, 6.45) is 5.22. The Morgan fingerprint density at radius 2 is 1.88 bits per heavy atom. The molecule has 4 heteroatoms. The van der Waals surface area contributed by atoms with Crippen LogP contribution >= 0.6 is 11.8 Å². The van der Waals surface area contributed by atoms with E-state index in [4.69, 9.17) is 5.73 Å². The molecule has 0 aromatic rings. The molecule has 2 N–H and O–H groups in total. The normalized spacial score (nSPS) is 32.2. The van der Waals surface area contributed by atoms with Crippen molar-refractivity contribution in [3.63, 3.8) is 0 Å². The van der Waals surface area contributed by atoms with E-state index in [1.54, 1.807) is 0 Å². The second kappa shape index (κ2) is 5.92. The van der Waals surface area contributed by atoms with Crippen molar-refractivity contribution < 1.29 is 4.79 Å². The van der Waals surface area contributed by atoms with Crippen molar-refractivity contribution in [3.05, 3.63) is 0 Å². The lowest BCUT2D eigenvalue weighted by atomic mass is 9.85. The molecule has 1 heterocycles. The molecule has 1 saturated heterocycles. The molecule has 2 aliphatic rings. The molecule has 0 unspecified atom stereocenters. The maximum absolute atomic E-state index is 12.3. The zero-order chi connectivity index (χ0) is 11.4. The zero-order valence-corrected chi connectivity index (χ0v) is 10.7. The fourth-order valence-electron chi connectivity index (χ4n) is 2.59. The minimum atomic E-state index is 0.267. The number of carbonyl (C=O) groups is 1. The molecule has 2 rings (SSSR count). The highest BCUT2D eigenvalue weighted by atomic mass is 32.2. The van der Waals surface area contributed by atoms with Gasteiger partial charge in [-0.05, 0) is 37.9 Å². The van der Waals surface area contributed by atoms with Crippen LogP contribution in [0.3, 0.4) is 0 Å². The first kappa shape index (κ1) is 12.2. The molecule has 16 heavy (non-hydrogen) atoms. The Hall–Kier alpha value is -0.220. The quantitative estimate of drug-likeness (QED) is 0.757. The fourth-order valence-corrected chi connectivity index (χ4v) is 3.48. The first-order valence-corrected chi connectivity index (χ1v) is 7.55. The Labute approximate surface area is 102 Å². The average Bonchev–Trinajstić information content (AvgIpc) is 2.57. The summed E-state index contributed by atoms with van der Waals surface area (Å²) in [7, 11) is 0. The third-order valence-corrected chi connectivity index (χ3v) is 4.70. The van der Waals surface area contributed by atoms with E-state index in [0.717, 1.165) is 50.9 Å². The molecular weight excluding hydrogens is 220 g/mol. The molecule has 92 valence electrons. The van der Waals surface area contributed by atoms with Crippen LogP contribution in [0.15, 0.2) is 0 Å². The molecule has 0 aromatic carbocycles. The maximum Gasteiger partial charge on any atom is 0.225 e. The molecule has 3 nitrogen and oxygen atoms in total. The van der Waals surface area contributed by atoms with Gasteiger partial charge in [0.15, 0.2) is 0 Å². The van der Waals surface area contributed by atoms with Crippen LogP contribution in [0.1, 0.15) is 32.1 Å². The smallest absolute Gasteiger partial charge is 0.225 e. The molecule has 1 aliphatic heterocycles. The van der Waals surface area contributed by atoms with Gasteiger partial charge >= 0.3 is 0 Å². The zero-order valence-electron chi connectivity index (χ0n) is 9.86. The van der Waals surface area contributed by atoms with Gasteiger partial charge in [-0.25, -0.2) is 0 Å². The molecule has 1 amide bonds. The van der Waals surface area contributed by atoms with Gasteiger partial charge in [-0.2, -0.15) is 11.8 Å². The van der Waals surface area contributed by atoms with Crippen molar-refractivity contribution in [1.82, 2.24) is 4.90 Å². The molecule has 0 atom stereocenters. The first-order chi connectivity index (χ1) is 7.77. The Kier molecular flexibility index (Phi) is 4.53. The van der Waals surface area contributed by atoms with E-state index in [0.29, 0.717) is 11.9 Å². The number of nitrogens with zero attached hydrogens (tertiary/aromatic N) is 1. The van der Waals surface area contributed by atoms with Crippen LogP contribution in [0.5, 0.6) is 0 Å². The molecule has 1 aliphatic carbocycles. The molecule has 0 spiro atoms. The Balaban J connectivity index is 1.85. The largest absolute Gasteiger partial charge is 0.342 e. The van der Waals surface area contributed by atoms with Gasteiger partial charge in [0, 0.05) is 30.8 Å². The van der Waals surface area contributed by atoms with E-state index in [9.17, 15) is 4.79 Å². The number of rotatable bonds is 1. The first-order valence-electron chi connectivity index (χ1n) is 6.39. The van der Waals surface area contributed by atoms with E-state index in [2.05, 4.69) is 4.90 Å². The van der Waals surface area contributed by atoms with Crippen LogP contribution < -0.4 is 5.73 Å². The highest BCUT2D eigenvalue weighted by Crippen LogP contribution is 2.25. The predicted octanol–water partition coefficient (Wildman–Crippen LogP) is 1.47. The lowest BCUT2D eigenvalue weighted by Crippen LogP contribution is -2.40. The summed E-state index contributed by atoms with van der Waals surface area (Å²) >= 11 is 1.97.